The summed E-state index contributed by atoms with van der Waals surface area (Å²) in [4.78, 5) is 6.09. The summed E-state index contributed by atoms with van der Waals surface area (Å²) in [5.41, 5.74) is 1.25. The number of nitrogens with zero attached hydrogens (tertiary/aromatic N) is 5. The van der Waals surface area contributed by atoms with Gasteiger partial charge in [-0.25, -0.2) is 18.2 Å². The average Bonchev–Trinajstić information content (AvgIpc) is 3.32. The summed E-state index contributed by atoms with van der Waals surface area (Å²) < 4.78 is 54.2. The molecule has 5 rings (SSSR count). The van der Waals surface area contributed by atoms with Gasteiger partial charge in [-0.3, -0.25) is 10.00 Å². The van der Waals surface area contributed by atoms with E-state index in [1.807, 2.05) is 0 Å². The van der Waals surface area contributed by atoms with E-state index < -0.39 is 17.8 Å². The van der Waals surface area contributed by atoms with E-state index in [1.165, 1.54) is 19.4 Å². The Morgan fingerprint density at radius 1 is 1.19 bits per heavy atom. The van der Waals surface area contributed by atoms with Gasteiger partial charge in [-0.1, -0.05) is 0 Å². The van der Waals surface area contributed by atoms with E-state index in [2.05, 4.69) is 25.4 Å². The van der Waals surface area contributed by atoms with Gasteiger partial charge in [0.05, 0.1) is 30.6 Å². The van der Waals surface area contributed by atoms with Crippen LogP contribution in [0.2, 0.25) is 0 Å². The van der Waals surface area contributed by atoms with Gasteiger partial charge in [0.2, 0.25) is 11.8 Å². The zero-order chi connectivity index (χ0) is 22.5. The number of methoxy groups -OCH3 is 1. The molecule has 0 aliphatic carbocycles. The Kier molecular flexibility index (Phi) is 5.00. The Morgan fingerprint density at radius 2 is 2.03 bits per heavy atom. The maximum Gasteiger partial charge on any atom is 0.264 e. The van der Waals surface area contributed by atoms with Gasteiger partial charge in [0, 0.05) is 49.2 Å². The number of aromatic nitrogens is 5. The first-order valence-electron chi connectivity index (χ1n) is 10.2. The van der Waals surface area contributed by atoms with Crippen molar-refractivity contribution in [3.8, 4) is 34.3 Å². The van der Waals surface area contributed by atoms with Gasteiger partial charge < -0.3 is 9.47 Å². The molecule has 2 fully saturated rings. The van der Waals surface area contributed by atoms with E-state index >= 15 is 0 Å². The fourth-order valence-electron chi connectivity index (χ4n) is 4.59. The second-order valence-electron chi connectivity index (χ2n) is 8.13. The van der Waals surface area contributed by atoms with Crippen LogP contribution in [0.4, 0.5) is 13.2 Å². The molecule has 8 nitrogen and oxygen atoms in total. The predicted octanol–water partition coefficient (Wildman–Crippen LogP) is 3.33. The Labute approximate surface area is 181 Å². The van der Waals surface area contributed by atoms with E-state index in [9.17, 15) is 13.2 Å². The molecule has 0 radical (unpaired) electrons. The molecule has 0 saturated carbocycles. The van der Waals surface area contributed by atoms with Crippen molar-refractivity contribution in [2.45, 2.75) is 43.4 Å². The van der Waals surface area contributed by atoms with Gasteiger partial charge in [-0.05, 0) is 13.1 Å². The number of alkyl halides is 2. The molecule has 11 heteroatoms. The quantitative estimate of drug-likeness (QED) is 0.643. The van der Waals surface area contributed by atoms with Crippen molar-refractivity contribution in [3.63, 3.8) is 0 Å². The van der Waals surface area contributed by atoms with E-state index in [0.717, 1.165) is 0 Å². The van der Waals surface area contributed by atoms with E-state index in [1.54, 1.807) is 30.3 Å². The summed E-state index contributed by atoms with van der Waals surface area (Å²) in [6.07, 6.45) is 3.24. The molecule has 2 saturated heterocycles. The number of halogens is 3. The molecule has 2 aliphatic heterocycles. The highest BCUT2D eigenvalue weighted by Crippen LogP contribution is 2.45. The molecule has 3 aromatic rings. The molecule has 2 unspecified atom stereocenters. The van der Waals surface area contributed by atoms with Crippen LogP contribution in [-0.4, -0.2) is 68.5 Å². The van der Waals surface area contributed by atoms with E-state index in [4.69, 9.17) is 9.47 Å². The number of H-pyrrole nitrogens is 1. The number of fused-ring (bicyclic) bond motifs is 2. The third-order valence-electron chi connectivity index (χ3n) is 6.19. The van der Waals surface area contributed by atoms with Crippen molar-refractivity contribution in [1.82, 2.24) is 30.3 Å². The number of rotatable bonds is 5. The fourth-order valence-corrected chi connectivity index (χ4v) is 4.59. The monoisotopic (exact) mass is 446 g/mol. The molecule has 0 amide bonds. The lowest BCUT2D eigenvalue weighted by Crippen LogP contribution is -2.47. The molecule has 0 spiro atoms. The van der Waals surface area contributed by atoms with Crippen molar-refractivity contribution in [3.05, 3.63) is 36.4 Å². The summed E-state index contributed by atoms with van der Waals surface area (Å²) in [6.45, 7) is 0. The maximum atomic E-state index is 14.8. The average molecular weight is 446 g/mol. The molecule has 3 atom stereocenters. The lowest BCUT2D eigenvalue weighted by molar-refractivity contribution is -0.0479. The van der Waals surface area contributed by atoms with Crippen molar-refractivity contribution in [2.75, 3.05) is 14.2 Å². The summed E-state index contributed by atoms with van der Waals surface area (Å²) in [7, 11) is 3.13. The van der Waals surface area contributed by atoms with Gasteiger partial charge in [0.15, 0.2) is 0 Å². The Bertz CT molecular complexity index is 1110. The lowest BCUT2D eigenvalue weighted by Gasteiger charge is -2.36. The van der Waals surface area contributed by atoms with Crippen molar-refractivity contribution in [1.29, 1.82) is 0 Å². The standard InChI is InChI=1S/C21H21F3N6O2/c1-30-12-5-13(6-17(30)21(23,24)8-12)32-18-4-3-15(28-29-18)16-7-14(22)19(20(27-16)31-2)11-9-25-26-10-11/h3-4,7,9-10,12-13,17H,5-6,8H2,1-2H3,(H,25,26)/t12?,13-,17?/m0/s1. The molecule has 32 heavy (non-hydrogen) atoms. The highest BCUT2D eigenvalue weighted by molar-refractivity contribution is 5.71. The zero-order valence-electron chi connectivity index (χ0n) is 17.4. The number of aromatic amines is 1. The largest absolute Gasteiger partial charge is 0.480 e. The highest BCUT2D eigenvalue weighted by atomic mass is 19.3. The van der Waals surface area contributed by atoms with E-state index in [-0.39, 0.29) is 48.0 Å². The minimum atomic E-state index is -2.70. The van der Waals surface area contributed by atoms with Crippen LogP contribution >= 0.6 is 0 Å². The van der Waals surface area contributed by atoms with Gasteiger partial charge in [0.1, 0.15) is 17.6 Å². The Balaban J connectivity index is 1.34. The summed E-state index contributed by atoms with van der Waals surface area (Å²) in [5, 5.41) is 14.6. The van der Waals surface area contributed by atoms with Crippen molar-refractivity contribution < 1.29 is 22.6 Å². The molecular formula is C21H21F3N6O2. The lowest BCUT2D eigenvalue weighted by atomic mass is 10.00. The van der Waals surface area contributed by atoms with E-state index in [0.29, 0.717) is 17.7 Å². The Morgan fingerprint density at radius 3 is 2.69 bits per heavy atom. The van der Waals surface area contributed by atoms with Gasteiger partial charge >= 0.3 is 0 Å². The van der Waals surface area contributed by atoms with Crippen LogP contribution < -0.4 is 9.47 Å². The molecule has 5 heterocycles. The molecule has 3 aromatic heterocycles. The highest BCUT2D eigenvalue weighted by Gasteiger charge is 2.56. The summed E-state index contributed by atoms with van der Waals surface area (Å²) >= 11 is 0. The third kappa shape index (κ3) is 3.56. The van der Waals surface area contributed by atoms with Crippen LogP contribution in [0, 0.1) is 5.82 Å². The minimum absolute atomic E-state index is 0.0891. The summed E-state index contributed by atoms with van der Waals surface area (Å²) in [5.74, 6) is -2.93. The van der Waals surface area contributed by atoms with Crippen LogP contribution in [0.15, 0.2) is 30.6 Å². The van der Waals surface area contributed by atoms with Crippen LogP contribution in [-0.2, 0) is 0 Å². The van der Waals surface area contributed by atoms with Crippen LogP contribution in [0.25, 0.3) is 22.5 Å². The van der Waals surface area contributed by atoms with Crippen LogP contribution in [0.1, 0.15) is 19.3 Å². The normalized spacial score (nSPS) is 24.5. The van der Waals surface area contributed by atoms with Gasteiger partial charge in [-0.15, -0.1) is 10.2 Å². The number of nitrogens with one attached hydrogen (secondary N) is 1. The van der Waals surface area contributed by atoms with Crippen molar-refractivity contribution in [2.24, 2.45) is 0 Å². The predicted molar refractivity (Wildman–Crippen MR) is 108 cm³/mol. The second-order valence-corrected chi connectivity index (χ2v) is 8.13. The smallest absolute Gasteiger partial charge is 0.264 e. The fraction of sp³-hybridized carbons (Fsp3) is 0.429. The zero-order valence-corrected chi connectivity index (χ0v) is 17.4. The van der Waals surface area contributed by atoms with Gasteiger partial charge in [0.25, 0.3) is 5.92 Å². The number of pyridine rings is 1. The number of hydrogen-bond acceptors (Lipinski definition) is 7. The molecule has 1 N–H and O–H groups in total. The van der Waals surface area contributed by atoms with Crippen LogP contribution in [0.5, 0.6) is 11.8 Å². The number of ether oxygens (including phenoxy) is 2. The van der Waals surface area contributed by atoms with Crippen molar-refractivity contribution >= 4 is 0 Å². The molecule has 2 aliphatic rings. The first-order chi connectivity index (χ1) is 15.4. The molecule has 168 valence electrons. The minimum Gasteiger partial charge on any atom is -0.480 e. The molecule has 0 aromatic carbocycles. The van der Waals surface area contributed by atoms with Gasteiger partial charge in [-0.2, -0.15) is 5.10 Å². The Hall–Kier alpha value is -3.21. The summed E-state index contributed by atoms with van der Waals surface area (Å²) in [6, 6.07) is 3.38. The first-order valence-corrected chi connectivity index (χ1v) is 10.2. The molecular weight excluding hydrogens is 425 g/mol. The second kappa shape index (κ2) is 7.73. The third-order valence-corrected chi connectivity index (χ3v) is 6.19. The SMILES string of the molecule is COc1nc(-c2ccc(O[C@H]3CC4CC(F)(F)C(C3)N4C)nn2)cc(F)c1-c1cn[nH]c1. The maximum absolute atomic E-state index is 14.8. The topological polar surface area (TPSA) is 89.1 Å². The number of hydrogen-bond donors (Lipinski definition) is 1. The van der Waals surface area contributed by atoms with Crippen LogP contribution in [0.3, 0.4) is 0 Å². The molecule has 2 bridgehead atoms. The number of piperidine rings is 1. The first kappa shape index (κ1) is 20.7.